The van der Waals surface area contributed by atoms with Gasteiger partial charge < -0.3 is 10.1 Å². The van der Waals surface area contributed by atoms with Gasteiger partial charge in [-0.25, -0.2) is 4.98 Å². The maximum atomic E-state index is 5.98. The molecule has 0 bridgehead atoms. The van der Waals surface area contributed by atoms with Crippen molar-refractivity contribution in [3.63, 3.8) is 0 Å². The molecule has 0 saturated heterocycles. The number of halogens is 2. The number of hydrogen-bond donors (Lipinski definition) is 1. The first-order valence-corrected chi connectivity index (χ1v) is 6.72. The van der Waals surface area contributed by atoms with Crippen LogP contribution in [-0.2, 0) is 6.54 Å². The van der Waals surface area contributed by atoms with Crippen LogP contribution in [0.15, 0.2) is 22.1 Å². The van der Waals surface area contributed by atoms with E-state index in [1.807, 2.05) is 12.1 Å². The number of aromatic nitrogens is 2. The van der Waals surface area contributed by atoms with Crippen LogP contribution in [0.4, 0.5) is 5.82 Å². The minimum Gasteiger partial charge on any atom is -0.467 e. The van der Waals surface area contributed by atoms with Crippen LogP contribution in [0.5, 0.6) is 6.01 Å². The third kappa shape index (κ3) is 3.31. The second-order valence-electron chi connectivity index (χ2n) is 3.11. The van der Waals surface area contributed by atoms with Gasteiger partial charge in [0.25, 0.3) is 0 Å². The predicted molar refractivity (Wildman–Crippen MR) is 72.9 cm³/mol. The summed E-state index contributed by atoms with van der Waals surface area (Å²) >= 11 is 11.0. The Labute approximate surface area is 116 Å². The average Bonchev–Trinajstić information content (AvgIpc) is 2.74. The van der Waals surface area contributed by atoms with Crippen LogP contribution in [0.1, 0.15) is 4.88 Å². The van der Waals surface area contributed by atoms with E-state index in [9.17, 15) is 0 Å². The average molecular weight is 335 g/mol. The van der Waals surface area contributed by atoms with Crippen molar-refractivity contribution < 1.29 is 4.74 Å². The van der Waals surface area contributed by atoms with E-state index in [1.54, 1.807) is 11.3 Å². The zero-order chi connectivity index (χ0) is 12.3. The Bertz CT molecular complexity index is 520. The largest absolute Gasteiger partial charge is 0.467 e. The molecule has 2 heterocycles. The van der Waals surface area contributed by atoms with Crippen LogP contribution >= 0.6 is 38.9 Å². The molecule has 0 amide bonds. The summed E-state index contributed by atoms with van der Waals surface area (Å²) in [6, 6.07) is 4.34. The molecule has 0 radical (unpaired) electrons. The number of thiophene rings is 1. The Kier molecular flexibility index (Phi) is 4.20. The third-order valence-electron chi connectivity index (χ3n) is 1.96. The van der Waals surface area contributed by atoms with Gasteiger partial charge in [-0.05, 0) is 28.1 Å². The molecule has 7 heteroatoms. The lowest BCUT2D eigenvalue weighted by Crippen LogP contribution is -2.02. The molecule has 2 aromatic heterocycles. The number of methoxy groups -OCH3 is 1. The van der Waals surface area contributed by atoms with Crippen molar-refractivity contribution in [1.29, 1.82) is 0 Å². The minimum atomic E-state index is 0.296. The van der Waals surface area contributed by atoms with Crippen LogP contribution in [0.25, 0.3) is 0 Å². The van der Waals surface area contributed by atoms with E-state index in [0.717, 1.165) is 3.79 Å². The van der Waals surface area contributed by atoms with Gasteiger partial charge >= 0.3 is 6.01 Å². The first-order chi connectivity index (χ1) is 8.19. The Morgan fingerprint density at radius 1 is 1.53 bits per heavy atom. The van der Waals surface area contributed by atoms with Crippen molar-refractivity contribution in [3.8, 4) is 6.01 Å². The van der Waals surface area contributed by atoms with E-state index >= 15 is 0 Å². The summed E-state index contributed by atoms with van der Waals surface area (Å²) in [5.74, 6) is 0.572. The summed E-state index contributed by atoms with van der Waals surface area (Å²) in [4.78, 5) is 9.22. The number of hydrogen-bond acceptors (Lipinski definition) is 5. The molecule has 0 aliphatic carbocycles. The highest BCUT2D eigenvalue weighted by molar-refractivity contribution is 9.11. The topological polar surface area (TPSA) is 47.0 Å². The number of rotatable bonds is 4. The summed E-state index contributed by atoms with van der Waals surface area (Å²) in [7, 11) is 1.52. The van der Waals surface area contributed by atoms with Gasteiger partial charge in [0.2, 0.25) is 0 Å². The predicted octanol–water partition coefficient (Wildman–Crippen LogP) is 3.57. The number of nitrogens with one attached hydrogen (secondary N) is 1. The molecule has 90 valence electrons. The van der Waals surface area contributed by atoms with E-state index < -0.39 is 0 Å². The second kappa shape index (κ2) is 5.66. The van der Waals surface area contributed by atoms with Crippen LogP contribution < -0.4 is 10.1 Å². The third-order valence-corrected chi connectivity index (χ3v) is 3.86. The van der Waals surface area contributed by atoms with Crippen molar-refractivity contribution in [2.45, 2.75) is 6.54 Å². The second-order valence-corrected chi connectivity index (χ2v) is 6.07. The number of ether oxygens (including phenoxy) is 1. The van der Waals surface area contributed by atoms with Crippen LogP contribution in [0.3, 0.4) is 0 Å². The van der Waals surface area contributed by atoms with Gasteiger partial charge in [-0.15, -0.1) is 11.3 Å². The standard InChI is InChI=1S/C10H9BrClN3OS/c1-16-10-14-5-7(12)9(15-10)13-4-6-2-3-8(11)17-6/h2-3,5H,4H2,1H3,(H,13,14,15). The fraction of sp³-hybridized carbons (Fsp3) is 0.200. The zero-order valence-electron chi connectivity index (χ0n) is 8.91. The molecule has 2 aromatic rings. The molecule has 0 fully saturated rings. The Morgan fingerprint density at radius 3 is 3.00 bits per heavy atom. The summed E-state index contributed by atoms with van der Waals surface area (Å²) in [6.07, 6.45) is 1.51. The Balaban J connectivity index is 2.07. The lowest BCUT2D eigenvalue weighted by molar-refractivity contribution is 0.380. The summed E-state index contributed by atoms with van der Waals surface area (Å²) < 4.78 is 6.04. The van der Waals surface area contributed by atoms with E-state index in [0.29, 0.717) is 23.4 Å². The number of anilines is 1. The van der Waals surface area contributed by atoms with Crippen molar-refractivity contribution in [2.75, 3.05) is 12.4 Å². The highest BCUT2D eigenvalue weighted by Gasteiger charge is 2.06. The summed E-state index contributed by atoms with van der Waals surface area (Å²) in [5, 5.41) is 3.62. The zero-order valence-corrected chi connectivity index (χ0v) is 12.1. The fourth-order valence-electron chi connectivity index (χ4n) is 1.19. The number of nitrogens with zero attached hydrogens (tertiary/aromatic N) is 2. The molecule has 4 nitrogen and oxygen atoms in total. The van der Waals surface area contributed by atoms with Crippen molar-refractivity contribution in [2.24, 2.45) is 0 Å². The summed E-state index contributed by atoms with van der Waals surface area (Å²) in [5.41, 5.74) is 0. The van der Waals surface area contributed by atoms with Gasteiger partial charge in [0.1, 0.15) is 5.02 Å². The maximum absolute atomic E-state index is 5.98. The quantitative estimate of drug-likeness (QED) is 0.928. The van der Waals surface area contributed by atoms with Gasteiger partial charge in [-0.3, -0.25) is 0 Å². The molecule has 0 aliphatic rings. The monoisotopic (exact) mass is 333 g/mol. The highest BCUT2D eigenvalue weighted by atomic mass is 79.9. The first kappa shape index (κ1) is 12.6. The van der Waals surface area contributed by atoms with E-state index in [2.05, 4.69) is 31.2 Å². The molecule has 0 atom stereocenters. The Morgan fingerprint density at radius 2 is 2.35 bits per heavy atom. The normalized spacial score (nSPS) is 10.3. The molecule has 17 heavy (non-hydrogen) atoms. The lowest BCUT2D eigenvalue weighted by Gasteiger charge is -2.06. The van der Waals surface area contributed by atoms with Crippen LogP contribution in [0.2, 0.25) is 5.02 Å². The maximum Gasteiger partial charge on any atom is 0.318 e. The SMILES string of the molecule is COc1ncc(Cl)c(NCc2ccc(Br)s2)n1. The molecule has 0 unspecified atom stereocenters. The molecule has 0 aromatic carbocycles. The smallest absolute Gasteiger partial charge is 0.318 e. The molecule has 0 spiro atoms. The first-order valence-electron chi connectivity index (χ1n) is 4.73. The Hall–Kier alpha value is -0.850. The van der Waals surface area contributed by atoms with Crippen molar-refractivity contribution in [3.05, 3.63) is 32.0 Å². The van der Waals surface area contributed by atoms with Gasteiger partial charge in [0.05, 0.1) is 23.6 Å². The van der Waals surface area contributed by atoms with Gasteiger partial charge in [-0.1, -0.05) is 11.6 Å². The molecular formula is C10H9BrClN3OS. The van der Waals surface area contributed by atoms with Crippen molar-refractivity contribution in [1.82, 2.24) is 9.97 Å². The van der Waals surface area contributed by atoms with E-state index in [-0.39, 0.29) is 0 Å². The minimum absolute atomic E-state index is 0.296. The van der Waals surface area contributed by atoms with Crippen LogP contribution in [0, 0.1) is 0 Å². The van der Waals surface area contributed by atoms with Gasteiger partial charge in [0, 0.05) is 4.88 Å². The van der Waals surface area contributed by atoms with Crippen molar-refractivity contribution >= 4 is 44.7 Å². The van der Waals surface area contributed by atoms with E-state index in [4.69, 9.17) is 16.3 Å². The molecule has 0 saturated carbocycles. The van der Waals surface area contributed by atoms with E-state index in [1.165, 1.54) is 18.2 Å². The molecule has 1 N–H and O–H groups in total. The lowest BCUT2D eigenvalue weighted by atomic mass is 10.4. The summed E-state index contributed by atoms with van der Waals surface area (Å²) in [6.45, 7) is 0.663. The van der Waals surface area contributed by atoms with Gasteiger partial charge in [-0.2, -0.15) is 4.98 Å². The van der Waals surface area contributed by atoms with Gasteiger partial charge in [0.15, 0.2) is 5.82 Å². The highest BCUT2D eigenvalue weighted by Crippen LogP contribution is 2.25. The molecular weight excluding hydrogens is 326 g/mol. The molecule has 0 aliphatic heterocycles. The fourth-order valence-corrected chi connectivity index (χ4v) is 2.77. The molecule has 2 rings (SSSR count). The van der Waals surface area contributed by atoms with Crippen LogP contribution in [-0.4, -0.2) is 17.1 Å².